The number of anilines is 1. The van der Waals surface area contributed by atoms with E-state index in [1.165, 1.54) is 16.8 Å². The lowest BCUT2D eigenvalue weighted by Crippen LogP contribution is -2.47. The standard InChI is InChI=1S/C19H19F2N3O4/c20-11-3-9-14(5-15(11)23-7-13-17(8-23)28-2-1-22-13)24(16-4-12(16)21)6-10(18(9)25)19(26)27/h3,5-6,12-13,16-17,22H,1-2,4,7-8H2,(H,26,27)/t12-,13+,16-,17-/m1/s1. The third-order valence-corrected chi connectivity index (χ3v) is 5.82. The van der Waals surface area contributed by atoms with Crippen molar-refractivity contribution >= 4 is 22.6 Å². The average molecular weight is 391 g/mol. The number of aromatic nitrogens is 1. The molecule has 1 aliphatic carbocycles. The van der Waals surface area contributed by atoms with Crippen LogP contribution in [0.15, 0.2) is 23.1 Å². The monoisotopic (exact) mass is 391 g/mol. The Bertz CT molecular complexity index is 1030. The molecule has 0 bridgehead atoms. The van der Waals surface area contributed by atoms with Gasteiger partial charge in [0.1, 0.15) is 17.6 Å². The number of carboxylic acids is 1. The Hall–Kier alpha value is -2.52. The van der Waals surface area contributed by atoms with Gasteiger partial charge in [-0.2, -0.15) is 0 Å². The first-order valence-electron chi connectivity index (χ1n) is 9.29. The number of fused-ring (bicyclic) bond motifs is 2. The second-order valence-corrected chi connectivity index (χ2v) is 7.60. The molecule has 1 saturated carbocycles. The molecule has 0 spiro atoms. The van der Waals surface area contributed by atoms with E-state index in [1.54, 1.807) is 0 Å². The van der Waals surface area contributed by atoms with Gasteiger partial charge in [0, 0.05) is 37.6 Å². The number of ether oxygens (including phenoxy) is 1. The molecule has 0 radical (unpaired) electrons. The predicted molar refractivity (Wildman–Crippen MR) is 97.4 cm³/mol. The Morgan fingerprint density at radius 2 is 2.11 bits per heavy atom. The molecular formula is C19H19F2N3O4. The van der Waals surface area contributed by atoms with Gasteiger partial charge >= 0.3 is 5.97 Å². The SMILES string of the molecule is O=C(O)c1cn([C@@H]2C[C@H]2F)c2cc(N3C[C@@H]4NCCO[C@@H]4C3)c(F)cc2c1=O. The first kappa shape index (κ1) is 17.6. The van der Waals surface area contributed by atoms with Gasteiger partial charge in [-0.1, -0.05) is 0 Å². The molecule has 2 aromatic rings. The second-order valence-electron chi connectivity index (χ2n) is 7.60. The van der Waals surface area contributed by atoms with Gasteiger partial charge in [-0.25, -0.2) is 13.6 Å². The summed E-state index contributed by atoms with van der Waals surface area (Å²) in [5.74, 6) is -2.02. The quantitative estimate of drug-likeness (QED) is 0.821. The summed E-state index contributed by atoms with van der Waals surface area (Å²) >= 11 is 0. The molecule has 3 fully saturated rings. The summed E-state index contributed by atoms with van der Waals surface area (Å²) in [6.07, 6.45) is 0.273. The molecule has 2 saturated heterocycles. The first-order valence-corrected chi connectivity index (χ1v) is 9.29. The molecule has 0 amide bonds. The fraction of sp³-hybridized carbons (Fsp3) is 0.474. The van der Waals surface area contributed by atoms with Crippen LogP contribution in [0, 0.1) is 5.82 Å². The van der Waals surface area contributed by atoms with E-state index >= 15 is 0 Å². The molecular weight excluding hydrogens is 372 g/mol. The zero-order chi connectivity index (χ0) is 19.6. The van der Waals surface area contributed by atoms with E-state index in [0.29, 0.717) is 30.9 Å². The van der Waals surface area contributed by atoms with Crippen LogP contribution in [0.3, 0.4) is 0 Å². The molecule has 4 atom stereocenters. The Morgan fingerprint density at radius 3 is 2.79 bits per heavy atom. The maximum absolute atomic E-state index is 14.9. The number of morpholine rings is 1. The molecule has 1 aromatic heterocycles. The highest BCUT2D eigenvalue weighted by Crippen LogP contribution is 2.41. The largest absolute Gasteiger partial charge is 0.477 e. The smallest absolute Gasteiger partial charge is 0.341 e. The van der Waals surface area contributed by atoms with Gasteiger partial charge in [-0.15, -0.1) is 0 Å². The zero-order valence-corrected chi connectivity index (χ0v) is 14.9. The molecule has 7 nitrogen and oxygen atoms in total. The number of benzene rings is 1. The van der Waals surface area contributed by atoms with Gasteiger partial charge in [-0.05, 0) is 12.1 Å². The summed E-state index contributed by atoms with van der Waals surface area (Å²) in [5, 5.41) is 12.6. The van der Waals surface area contributed by atoms with Crippen molar-refractivity contribution < 1.29 is 23.4 Å². The zero-order valence-electron chi connectivity index (χ0n) is 14.9. The number of nitrogens with one attached hydrogen (secondary N) is 1. The highest BCUT2D eigenvalue weighted by Gasteiger charge is 2.41. The summed E-state index contributed by atoms with van der Waals surface area (Å²) in [6, 6.07) is 2.16. The third kappa shape index (κ3) is 2.68. The van der Waals surface area contributed by atoms with E-state index in [4.69, 9.17) is 4.74 Å². The third-order valence-electron chi connectivity index (χ3n) is 5.82. The van der Waals surface area contributed by atoms with Crippen molar-refractivity contribution in [2.24, 2.45) is 0 Å². The number of hydrogen-bond donors (Lipinski definition) is 2. The van der Waals surface area contributed by atoms with Gasteiger partial charge in [0.15, 0.2) is 0 Å². The summed E-state index contributed by atoms with van der Waals surface area (Å²) in [7, 11) is 0. The topological polar surface area (TPSA) is 83.8 Å². The molecule has 2 N–H and O–H groups in total. The molecule has 5 rings (SSSR count). The number of pyridine rings is 1. The lowest BCUT2D eigenvalue weighted by Gasteiger charge is -2.25. The summed E-state index contributed by atoms with van der Waals surface area (Å²) in [6.45, 7) is 2.41. The van der Waals surface area contributed by atoms with E-state index in [-0.39, 0.29) is 24.0 Å². The number of alkyl halides is 1. The Labute approximate surface area is 158 Å². The number of nitrogens with zero attached hydrogens (tertiary/aromatic N) is 2. The van der Waals surface area contributed by atoms with Crippen LogP contribution in [0.5, 0.6) is 0 Å². The fourth-order valence-corrected chi connectivity index (χ4v) is 4.26. The molecule has 148 valence electrons. The molecule has 3 heterocycles. The molecule has 2 aliphatic heterocycles. The van der Waals surface area contributed by atoms with E-state index in [1.807, 2.05) is 4.90 Å². The number of halogens is 2. The average Bonchev–Trinajstić information content (AvgIpc) is 3.23. The fourth-order valence-electron chi connectivity index (χ4n) is 4.26. The van der Waals surface area contributed by atoms with Crippen molar-refractivity contribution in [3.05, 3.63) is 39.9 Å². The minimum Gasteiger partial charge on any atom is -0.477 e. The van der Waals surface area contributed by atoms with Crippen molar-refractivity contribution in [3.8, 4) is 0 Å². The van der Waals surface area contributed by atoms with Gasteiger partial charge in [0.25, 0.3) is 0 Å². The van der Waals surface area contributed by atoms with Crippen LogP contribution in [-0.4, -0.2) is 60.2 Å². The van der Waals surface area contributed by atoms with E-state index in [2.05, 4.69) is 5.32 Å². The van der Waals surface area contributed by atoms with Crippen molar-refractivity contribution in [1.29, 1.82) is 0 Å². The molecule has 1 aromatic carbocycles. The van der Waals surface area contributed by atoms with Crippen molar-refractivity contribution in [1.82, 2.24) is 9.88 Å². The lowest BCUT2D eigenvalue weighted by molar-refractivity contribution is 0.0212. The predicted octanol–water partition coefficient (Wildman–Crippen LogP) is 1.30. The van der Waals surface area contributed by atoms with Crippen molar-refractivity contribution in [2.75, 3.05) is 31.1 Å². The maximum Gasteiger partial charge on any atom is 0.341 e. The molecule has 28 heavy (non-hydrogen) atoms. The summed E-state index contributed by atoms with van der Waals surface area (Å²) in [4.78, 5) is 25.8. The second kappa shape index (κ2) is 6.25. The normalized spacial score (nSPS) is 29.1. The Kier molecular flexibility index (Phi) is 3.92. The summed E-state index contributed by atoms with van der Waals surface area (Å²) < 4.78 is 35.9. The van der Waals surface area contributed by atoms with Gasteiger partial charge in [0.05, 0.1) is 36.0 Å². The first-order chi connectivity index (χ1) is 13.4. The highest BCUT2D eigenvalue weighted by molar-refractivity contribution is 5.93. The van der Waals surface area contributed by atoms with Crippen LogP contribution in [0.2, 0.25) is 0 Å². The van der Waals surface area contributed by atoms with Crippen LogP contribution in [0.1, 0.15) is 22.8 Å². The van der Waals surface area contributed by atoms with Crippen molar-refractivity contribution in [3.63, 3.8) is 0 Å². The summed E-state index contributed by atoms with van der Waals surface area (Å²) in [5.41, 5.74) is -0.594. The molecule has 9 heteroatoms. The number of hydrogen-bond acceptors (Lipinski definition) is 5. The Balaban J connectivity index is 1.64. The maximum atomic E-state index is 14.9. The van der Waals surface area contributed by atoms with Crippen LogP contribution in [-0.2, 0) is 4.74 Å². The highest BCUT2D eigenvalue weighted by atomic mass is 19.1. The van der Waals surface area contributed by atoms with Crippen LogP contribution >= 0.6 is 0 Å². The van der Waals surface area contributed by atoms with Gasteiger partial charge in [0.2, 0.25) is 5.43 Å². The van der Waals surface area contributed by atoms with E-state index < -0.39 is 35.0 Å². The minimum atomic E-state index is -1.41. The molecule has 3 aliphatic rings. The van der Waals surface area contributed by atoms with Gasteiger partial charge < -0.3 is 24.6 Å². The number of carboxylic acid groups (broad SMARTS) is 1. The van der Waals surface area contributed by atoms with Crippen molar-refractivity contribution in [2.45, 2.75) is 30.8 Å². The lowest BCUT2D eigenvalue weighted by atomic mass is 10.1. The number of carbonyl (C=O) groups is 1. The van der Waals surface area contributed by atoms with Crippen LogP contribution < -0.4 is 15.6 Å². The Morgan fingerprint density at radius 1 is 1.32 bits per heavy atom. The van der Waals surface area contributed by atoms with Crippen LogP contribution in [0.25, 0.3) is 10.9 Å². The van der Waals surface area contributed by atoms with Crippen LogP contribution in [0.4, 0.5) is 14.5 Å². The van der Waals surface area contributed by atoms with E-state index in [9.17, 15) is 23.5 Å². The van der Waals surface area contributed by atoms with Gasteiger partial charge in [-0.3, -0.25) is 4.79 Å². The number of rotatable bonds is 3. The number of aromatic carboxylic acids is 1. The molecule has 0 unspecified atom stereocenters. The van der Waals surface area contributed by atoms with E-state index in [0.717, 1.165) is 12.6 Å². The minimum absolute atomic E-state index is 0.0425.